The first-order valence-electron chi connectivity index (χ1n) is 7.30. The molecule has 0 N–H and O–H groups in total. The summed E-state index contributed by atoms with van der Waals surface area (Å²) < 4.78 is 30.3. The van der Waals surface area contributed by atoms with Crippen molar-refractivity contribution in [2.24, 2.45) is 0 Å². The molecule has 1 aromatic heterocycles. The average Bonchev–Trinajstić information content (AvgIpc) is 3.13. The van der Waals surface area contributed by atoms with Gasteiger partial charge >= 0.3 is 11.8 Å². The summed E-state index contributed by atoms with van der Waals surface area (Å²) in [7, 11) is 1.58. The fourth-order valence-electron chi connectivity index (χ4n) is 3.31. The Morgan fingerprint density at radius 3 is 2.87 bits per heavy atom. The predicted octanol–water partition coefficient (Wildman–Crippen LogP) is 0.444. The molecule has 1 aromatic rings. The second kappa shape index (κ2) is 4.87. The largest absolute Gasteiger partial charge is 0.438 e. The summed E-state index contributed by atoms with van der Waals surface area (Å²) in [5, 5.41) is 10.7. The molecule has 126 valence electrons. The van der Waals surface area contributed by atoms with Gasteiger partial charge in [0.15, 0.2) is 18.2 Å². The van der Waals surface area contributed by atoms with E-state index in [0.29, 0.717) is 6.54 Å². The molecular formula is C13H17N3O7. The van der Waals surface area contributed by atoms with E-state index in [1.807, 2.05) is 13.8 Å². The number of hydrogen-bond acceptors (Lipinski definition) is 8. The van der Waals surface area contributed by atoms with E-state index in [0.717, 1.165) is 0 Å². The molecule has 5 atom stereocenters. The van der Waals surface area contributed by atoms with Crippen molar-refractivity contribution in [1.82, 2.24) is 9.55 Å². The minimum absolute atomic E-state index is 0.208. The van der Waals surface area contributed by atoms with Gasteiger partial charge in [0.1, 0.15) is 24.5 Å². The molecule has 2 fully saturated rings. The fraction of sp³-hybridized carbons (Fsp3) is 0.769. The van der Waals surface area contributed by atoms with E-state index in [4.69, 9.17) is 23.7 Å². The van der Waals surface area contributed by atoms with Crippen molar-refractivity contribution in [3.63, 3.8) is 0 Å². The smallest absolute Gasteiger partial charge is 0.414 e. The Bertz CT molecular complexity index is 622. The molecule has 4 rings (SSSR count). The molecule has 2 saturated heterocycles. The van der Waals surface area contributed by atoms with Crippen LogP contribution in [0.4, 0.5) is 5.82 Å². The van der Waals surface area contributed by atoms with E-state index in [2.05, 4.69) is 4.98 Å². The summed E-state index contributed by atoms with van der Waals surface area (Å²) in [6.07, 6.45) is -0.651. The highest BCUT2D eigenvalue weighted by Gasteiger charge is 2.58. The van der Waals surface area contributed by atoms with Crippen molar-refractivity contribution in [3.05, 3.63) is 16.3 Å². The summed E-state index contributed by atoms with van der Waals surface area (Å²) in [6, 6.07) is 0.208. The first kappa shape index (κ1) is 14.8. The topological polar surface area (TPSA) is 107 Å². The van der Waals surface area contributed by atoms with E-state index in [-0.39, 0.29) is 30.1 Å². The lowest BCUT2D eigenvalue weighted by atomic mass is 10.1. The Morgan fingerprint density at radius 2 is 2.22 bits per heavy atom. The number of fused-ring (bicyclic) bond motifs is 2. The molecule has 0 bridgehead atoms. The zero-order valence-corrected chi connectivity index (χ0v) is 12.9. The van der Waals surface area contributed by atoms with E-state index in [1.54, 1.807) is 11.7 Å². The van der Waals surface area contributed by atoms with Crippen LogP contribution in [-0.2, 0) is 25.5 Å². The van der Waals surface area contributed by atoms with E-state index in [9.17, 15) is 10.1 Å². The maximum absolute atomic E-state index is 10.7. The van der Waals surface area contributed by atoms with Crippen LogP contribution in [0.1, 0.15) is 13.8 Å². The van der Waals surface area contributed by atoms with Crippen LogP contribution < -0.4 is 4.74 Å². The minimum Gasteiger partial charge on any atom is -0.438 e. The molecule has 0 aliphatic carbocycles. The third kappa shape index (κ3) is 2.29. The zero-order chi connectivity index (χ0) is 16.4. The first-order chi connectivity index (χ1) is 10.9. The van der Waals surface area contributed by atoms with Crippen LogP contribution >= 0.6 is 0 Å². The van der Waals surface area contributed by atoms with Crippen LogP contribution in [0, 0.1) is 10.1 Å². The Labute approximate surface area is 131 Å². The Balaban J connectivity index is 1.50. The van der Waals surface area contributed by atoms with Crippen LogP contribution in [0.15, 0.2) is 6.20 Å². The number of nitro groups is 1. The van der Waals surface area contributed by atoms with E-state index < -0.39 is 23.1 Å². The van der Waals surface area contributed by atoms with Crippen LogP contribution in [0.5, 0.6) is 6.01 Å². The van der Waals surface area contributed by atoms with Crippen molar-refractivity contribution in [2.75, 3.05) is 7.11 Å². The molecule has 0 unspecified atom stereocenters. The third-order valence-electron chi connectivity index (χ3n) is 4.21. The molecule has 10 nitrogen and oxygen atoms in total. The lowest BCUT2D eigenvalue weighted by molar-refractivity contribution is -0.389. The van der Waals surface area contributed by atoms with Crippen LogP contribution in [-0.4, -0.2) is 58.1 Å². The van der Waals surface area contributed by atoms with Gasteiger partial charge in [0.05, 0.1) is 6.54 Å². The highest BCUT2D eigenvalue weighted by Crippen LogP contribution is 2.41. The number of methoxy groups -OCH3 is 1. The van der Waals surface area contributed by atoms with Gasteiger partial charge < -0.3 is 33.8 Å². The van der Waals surface area contributed by atoms with Gasteiger partial charge in [-0.3, -0.25) is 4.57 Å². The standard InChI is InChI=1S/C13H17N3O7/c1-13(2)22-10-9(19-3)8(21-11(10)23-13)6-4-15-5-7(16(17)18)14-12(15)20-6/h5-6,8-11H,4H2,1-3H3/t6-,8+,9-,10+,11+/m0/s1. The number of aromatic nitrogens is 2. The van der Waals surface area contributed by atoms with Gasteiger partial charge in [-0.1, -0.05) is 0 Å². The third-order valence-corrected chi connectivity index (χ3v) is 4.21. The van der Waals surface area contributed by atoms with E-state index in [1.165, 1.54) is 6.20 Å². The Morgan fingerprint density at radius 1 is 1.43 bits per heavy atom. The Kier molecular flexibility index (Phi) is 3.14. The molecule has 4 heterocycles. The van der Waals surface area contributed by atoms with Crippen LogP contribution in [0.2, 0.25) is 0 Å². The number of hydrogen-bond donors (Lipinski definition) is 0. The van der Waals surface area contributed by atoms with Crippen molar-refractivity contribution >= 4 is 5.82 Å². The summed E-state index contributed by atoms with van der Waals surface area (Å²) >= 11 is 0. The van der Waals surface area contributed by atoms with Gasteiger partial charge in [-0.25, -0.2) is 0 Å². The molecule has 0 saturated carbocycles. The molecule has 10 heteroatoms. The zero-order valence-electron chi connectivity index (χ0n) is 12.9. The molecule has 0 aromatic carbocycles. The van der Waals surface area contributed by atoms with Crippen molar-refractivity contribution in [3.8, 4) is 6.01 Å². The van der Waals surface area contributed by atoms with Gasteiger partial charge in [0, 0.05) is 12.1 Å². The van der Waals surface area contributed by atoms with E-state index >= 15 is 0 Å². The molecule has 3 aliphatic rings. The average molecular weight is 327 g/mol. The molecular weight excluding hydrogens is 310 g/mol. The second-order valence-electron chi connectivity index (χ2n) is 6.22. The first-order valence-corrected chi connectivity index (χ1v) is 7.30. The van der Waals surface area contributed by atoms with Gasteiger partial charge in [-0.05, 0) is 18.8 Å². The second-order valence-corrected chi connectivity index (χ2v) is 6.22. The normalized spacial score (nSPS) is 37.4. The summed E-state index contributed by atoms with van der Waals surface area (Å²) in [4.78, 5) is 14.0. The van der Waals surface area contributed by atoms with Crippen LogP contribution in [0.25, 0.3) is 0 Å². The SMILES string of the molecule is CO[C@@H]1[C@H]2OC(C)(C)O[C@H]2O[C@@H]1[C@@H]1Cn2cc([N+](=O)[O-])nc2O1. The maximum atomic E-state index is 10.7. The lowest BCUT2D eigenvalue weighted by Crippen LogP contribution is -2.44. The summed E-state index contributed by atoms with van der Waals surface area (Å²) in [5.74, 6) is -0.958. The van der Waals surface area contributed by atoms with Crippen molar-refractivity contribution in [1.29, 1.82) is 0 Å². The monoisotopic (exact) mass is 327 g/mol. The quantitative estimate of drug-likeness (QED) is 0.581. The van der Waals surface area contributed by atoms with Gasteiger partial charge in [0.2, 0.25) is 0 Å². The molecule has 0 spiro atoms. The molecule has 0 amide bonds. The van der Waals surface area contributed by atoms with Gasteiger partial charge in [-0.2, -0.15) is 0 Å². The highest BCUT2D eigenvalue weighted by atomic mass is 16.8. The summed E-state index contributed by atoms with van der Waals surface area (Å²) in [5.41, 5.74) is 0. The number of rotatable bonds is 3. The molecule has 0 radical (unpaired) electrons. The number of nitrogens with zero attached hydrogens (tertiary/aromatic N) is 3. The molecule has 23 heavy (non-hydrogen) atoms. The Hall–Kier alpha value is -1.75. The minimum atomic E-state index is -0.721. The maximum Gasteiger partial charge on any atom is 0.414 e. The number of ether oxygens (including phenoxy) is 5. The van der Waals surface area contributed by atoms with Gasteiger partial charge in [-0.15, -0.1) is 0 Å². The fourth-order valence-corrected chi connectivity index (χ4v) is 3.31. The highest BCUT2D eigenvalue weighted by molar-refractivity contribution is 5.23. The summed E-state index contributed by atoms with van der Waals surface area (Å²) in [6.45, 7) is 4.03. The van der Waals surface area contributed by atoms with Crippen molar-refractivity contribution in [2.45, 2.75) is 56.9 Å². The van der Waals surface area contributed by atoms with Crippen molar-refractivity contribution < 1.29 is 28.6 Å². The lowest BCUT2D eigenvalue weighted by Gasteiger charge is -2.27. The predicted molar refractivity (Wildman–Crippen MR) is 72.8 cm³/mol. The van der Waals surface area contributed by atoms with Gasteiger partial charge in [0.25, 0.3) is 0 Å². The molecule has 3 aliphatic heterocycles. The number of imidazole rings is 1. The van der Waals surface area contributed by atoms with Crippen LogP contribution in [0.3, 0.4) is 0 Å².